The summed E-state index contributed by atoms with van der Waals surface area (Å²) >= 11 is 9.48. The van der Waals surface area contributed by atoms with Gasteiger partial charge < -0.3 is 5.32 Å². The van der Waals surface area contributed by atoms with Crippen molar-refractivity contribution in [2.24, 2.45) is 17.8 Å². The van der Waals surface area contributed by atoms with E-state index in [0.717, 1.165) is 28.5 Å². The number of hydrogen-bond acceptors (Lipinski definition) is 1. The SMILES string of the molecule is CC(C)C(CNCc1ccc(Cl)cc1Br)C(C)C. The fourth-order valence-corrected chi connectivity index (χ4v) is 3.10. The van der Waals surface area contributed by atoms with Gasteiger partial charge >= 0.3 is 0 Å². The Morgan fingerprint density at radius 2 is 1.78 bits per heavy atom. The average Bonchev–Trinajstić information content (AvgIpc) is 2.25. The predicted octanol–water partition coefficient (Wildman–Crippen LogP) is 5.12. The Hall–Kier alpha value is -0.0500. The second kappa shape index (κ2) is 7.52. The first-order chi connectivity index (χ1) is 8.41. The largest absolute Gasteiger partial charge is 0.312 e. The molecule has 0 aromatic heterocycles. The second-order valence-corrected chi connectivity index (χ2v) is 6.81. The third-order valence-electron chi connectivity index (χ3n) is 3.42. The molecule has 0 saturated heterocycles. The Balaban J connectivity index is 2.50. The van der Waals surface area contributed by atoms with Gasteiger partial charge in [-0.3, -0.25) is 0 Å². The van der Waals surface area contributed by atoms with Crippen molar-refractivity contribution in [3.8, 4) is 0 Å². The summed E-state index contributed by atoms with van der Waals surface area (Å²) in [7, 11) is 0. The van der Waals surface area contributed by atoms with Crippen LogP contribution in [0.1, 0.15) is 33.3 Å². The summed E-state index contributed by atoms with van der Waals surface area (Å²) in [6, 6.07) is 5.95. The Kier molecular flexibility index (Phi) is 6.68. The van der Waals surface area contributed by atoms with Crippen LogP contribution >= 0.6 is 27.5 Å². The molecule has 0 aliphatic heterocycles. The van der Waals surface area contributed by atoms with E-state index in [0.29, 0.717) is 11.8 Å². The van der Waals surface area contributed by atoms with Crippen molar-refractivity contribution in [3.05, 3.63) is 33.3 Å². The summed E-state index contributed by atoms with van der Waals surface area (Å²) < 4.78 is 1.08. The lowest BCUT2D eigenvalue weighted by atomic mass is 9.85. The topological polar surface area (TPSA) is 12.0 Å². The lowest BCUT2D eigenvalue weighted by molar-refractivity contribution is 0.275. The summed E-state index contributed by atoms with van der Waals surface area (Å²) in [5.74, 6) is 2.15. The molecular weight excluding hydrogens is 310 g/mol. The van der Waals surface area contributed by atoms with Crippen LogP contribution in [0.4, 0.5) is 0 Å². The molecule has 18 heavy (non-hydrogen) atoms. The molecule has 0 atom stereocenters. The Bertz CT molecular complexity index is 369. The van der Waals surface area contributed by atoms with Gasteiger partial charge in [0, 0.05) is 16.0 Å². The van der Waals surface area contributed by atoms with E-state index in [4.69, 9.17) is 11.6 Å². The van der Waals surface area contributed by atoms with Gasteiger partial charge in [-0.1, -0.05) is 61.3 Å². The van der Waals surface area contributed by atoms with E-state index >= 15 is 0 Å². The van der Waals surface area contributed by atoms with Crippen LogP contribution in [0.2, 0.25) is 5.02 Å². The molecule has 0 aliphatic carbocycles. The van der Waals surface area contributed by atoms with Gasteiger partial charge in [-0.15, -0.1) is 0 Å². The van der Waals surface area contributed by atoms with Crippen molar-refractivity contribution in [1.29, 1.82) is 0 Å². The van der Waals surface area contributed by atoms with Crippen LogP contribution in [0.5, 0.6) is 0 Å². The third-order valence-corrected chi connectivity index (χ3v) is 4.40. The molecule has 0 saturated carbocycles. The predicted molar refractivity (Wildman–Crippen MR) is 84.0 cm³/mol. The molecule has 1 N–H and O–H groups in total. The summed E-state index contributed by atoms with van der Waals surface area (Å²) in [5, 5.41) is 4.32. The van der Waals surface area contributed by atoms with Gasteiger partial charge in [0.15, 0.2) is 0 Å². The molecule has 1 aromatic carbocycles. The fraction of sp³-hybridized carbons (Fsp3) is 0.600. The Labute approximate surface area is 124 Å². The highest BCUT2D eigenvalue weighted by Gasteiger charge is 2.16. The molecule has 0 aliphatic rings. The number of hydrogen-bond donors (Lipinski definition) is 1. The van der Waals surface area contributed by atoms with E-state index in [9.17, 15) is 0 Å². The van der Waals surface area contributed by atoms with Crippen molar-refractivity contribution < 1.29 is 0 Å². The number of halogens is 2. The lowest BCUT2D eigenvalue weighted by Crippen LogP contribution is -2.29. The second-order valence-electron chi connectivity index (χ2n) is 5.52. The zero-order chi connectivity index (χ0) is 13.7. The number of benzene rings is 1. The molecule has 1 aromatic rings. The summed E-state index contributed by atoms with van der Waals surface area (Å²) in [5.41, 5.74) is 1.26. The van der Waals surface area contributed by atoms with Crippen molar-refractivity contribution in [1.82, 2.24) is 5.32 Å². The number of rotatable bonds is 6. The van der Waals surface area contributed by atoms with Crippen LogP contribution in [0.3, 0.4) is 0 Å². The molecule has 0 heterocycles. The highest BCUT2D eigenvalue weighted by Crippen LogP contribution is 2.22. The van der Waals surface area contributed by atoms with E-state index in [2.05, 4.69) is 55.0 Å². The highest BCUT2D eigenvalue weighted by molar-refractivity contribution is 9.10. The van der Waals surface area contributed by atoms with Crippen LogP contribution < -0.4 is 5.32 Å². The fourth-order valence-electron chi connectivity index (χ4n) is 2.28. The van der Waals surface area contributed by atoms with Gasteiger partial charge in [0.1, 0.15) is 0 Å². The lowest BCUT2D eigenvalue weighted by Gasteiger charge is -2.25. The van der Waals surface area contributed by atoms with Gasteiger partial charge in [-0.2, -0.15) is 0 Å². The van der Waals surface area contributed by atoms with E-state index in [1.807, 2.05) is 12.1 Å². The van der Waals surface area contributed by atoms with Crippen LogP contribution in [0.15, 0.2) is 22.7 Å². The van der Waals surface area contributed by atoms with Gasteiger partial charge in [-0.25, -0.2) is 0 Å². The molecule has 0 bridgehead atoms. The van der Waals surface area contributed by atoms with Gasteiger partial charge in [0.25, 0.3) is 0 Å². The van der Waals surface area contributed by atoms with Crippen molar-refractivity contribution >= 4 is 27.5 Å². The zero-order valence-corrected chi connectivity index (χ0v) is 14.0. The maximum Gasteiger partial charge on any atom is 0.0417 e. The normalized spacial score (nSPS) is 11.8. The average molecular weight is 333 g/mol. The Morgan fingerprint density at radius 1 is 1.17 bits per heavy atom. The summed E-state index contributed by atoms with van der Waals surface area (Å²) in [6.45, 7) is 11.1. The molecule has 0 fully saturated rings. The van der Waals surface area contributed by atoms with Gasteiger partial charge in [-0.05, 0) is 42.0 Å². The molecule has 1 rings (SSSR count). The maximum absolute atomic E-state index is 5.93. The van der Waals surface area contributed by atoms with E-state index in [1.54, 1.807) is 0 Å². The molecule has 0 unspecified atom stereocenters. The molecular formula is C15H23BrClN. The molecule has 102 valence electrons. The van der Waals surface area contributed by atoms with Crippen LogP contribution in [-0.4, -0.2) is 6.54 Å². The smallest absolute Gasteiger partial charge is 0.0417 e. The monoisotopic (exact) mass is 331 g/mol. The third kappa shape index (κ3) is 4.91. The molecule has 0 spiro atoms. The van der Waals surface area contributed by atoms with E-state index < -0.39 is 0 Å². The first-order valence-corrected chi connectivity index (χ1v) is 7.73. The highest BCUT2D eigenvalue weighted by atomic mass is 79.9. The minimum absolute atomic E-state index is 0.714. The first-order valence-electron chi connectivity index (χ1n) is 6.56. The van der Waals surface area contributed by atoms with Gasteiger partial charge in [0.2, 0.25) is 0 Å². The molecule has 3 heteroatoms. The van der Waals surface area contributed by atoms with E-state index in [1.165, 1.54) is 5.56 Å². The van der Waals surface area contributed by atoms with Crippen molar-refractivity contribution in [2.75, 3.05) is 6.54 Å². The summed E-state index contributed by atoms with van der Waals surface area (Å²) in [4.78, 5) is 0. The van der Waals surface area contributed by atoms with Crippen LogP contribution in [0.25, 0.3) is 0 Å². The first kappa shape index (κ1) is 16.0. The summed E-state index contributed by atoms with van der Waals surface area (Å²) in [6.07, 6.45) is 0. The van der Waals surface area contributed by atoms with Crippen molar-refractivity contribution in [3.63, 3.8) is 0 Å². The zero-order valence-electron chi connectivity index (χ0n) is 11.6. The van der Waals surface area contributed by atoms with Crippen LogP contribution in [0, 0.1) is 17.8 Å². The van der Waals surface area contributed by atoms with Gasteiger partial charge in [0.05, 0.1) is 0 Å². The standard InChI is InChI=1S/C15H23BrClN/c1-10(2)14(11(3)4)9-18-8-12-5-6-13(17)7-15(12)16/h5-7,10-11,14,18H,8-9H2,1-4H3. The minimum Gasteiger partial charge on any atom is -0.312 e. The molecule has 0 amide bonds. The Morgan fingerprint density at radius 3 is 2.28 bits per heavy atom. The maximum atomic E-state index is 5.93. The quantitative estimate of drug-likeness (QED) is 0.762. The van der Waals surface area contributed by atoms with Crippen molar-refractivity contribution in [2.45, 2.75) is 34.2 Å². The number of nitrogens with one attached hydrogen (secondary N) is 1. The minimum atomic E-state index is 0.714. The van der Waals surface area contributed by atoms with E-state index in [-0.39, 0.29) is 0 Å². The molecule has 1 nitrogen and oxygen atoms in total. The molecule has 0 radical (unpaired) electrons. The van der Waals surface area contributed by atoms with Crippen LogP contribution in [-0.2, 0) is 6.54 Å².